The van der Waals surface area contributed by atoms with Crippen LogP contribution in [0.1, 0.15) is 45.8 Å². The molecule has 0 saturated carbocycles. The van der Waals surface area contributed by atoms with Crippen LogP contribution in [0.25, 0.3) is 22.6 Å². The van der Waals surface area contributed by atoms with Crippen LogP contribution < -0.4 is 4.74 Å². The van der Waals surface area contributed by atoms with Crippen LogP contribution in [-0.4, -0.2) is 81.3 Å². The molecule has 0 saturated heterocycles. The van der Waals surface area contributed by atoms with Crippen molar-refractivity contribution in [3.8, 4) is 28.4 Å². The predicted molar refractivity (Wildman–Crippen MR) is 145 cm³/mol. The first kappa shape index (κ1) is 27.0. The molecule has 1 aromatic carbocycles. The Morgan fingerprint density at radius 2 is 1.95 bits per heavy atom. The molecule has 0 amide bonds. The summed E-state index contributed by atoms with van der Waals surface area (Å²) in [6, 6.07) is 7.43. The van der Waals surface area contributed by atoms with Crippen LogP contribution in [0.3, 0.4) is 0 Å². The largest absolute Gasteiger partial charge is 0.491 e. The zero-order valence-corrected chi connectivity index (χ0v) is 22.6. The number of aliphatic hydroxyl groups is 1. The van der Waals surface area contributed by atoms with E-state index in [-0.39, 0.29) is 12.0 Å². The predicted octanol–water partition coefficient (Wildman–Crippen LogP) is 4.72. The quantitative estimate of drug-likeness (QED) is 0.362. The third kappa shape index (κ3) is 6.11. The van der Waals surface area contributed by atoms with Crippen molar-refractivity contribution >= 4 is 17.8 Å². The molecular formula is C27H35ClN6O3. The molecule has 10 heteroatoms. The number of nitrogens with zero attached hydrogens (tertiary/aromatic N) is 6. The maximum atomic E-state index is 9.71. The maximum absolute atomic E-state index is 9.71. The standard InChI is InChI=1S/C27H35ClN6O3/c1-5-33(6-2)15-16-36-22-10-7-9-20(24(22)28)25-23(27-29-12-8-13-30-27)26(37-32-25)21-17-31-34(19(21)4)14-11-18(3)35/h7-10,12-13,17-19,21,35H,5-6,11,14-16H2,1-4H3. The molecule has 3 aromatic rings. The van der Waals surface area contributed by atoms with Crippen molar-refractivity contribution in [3.05, 3.63) is 47.4 Å². The van der Waals surface area contributed by atoms with Gasteiger partial charge in [0, 0.05) is 37.3 Å². The summed E-state index contributed by atoms with van der Waals surface area (Å²) in [7, 11) is 0. The van der Waals surface area contributed by atoms with Crippen molar-refractivity contribution in [2.45, 2.75) is 52.2 Å². The van der Waals surface area contributed by atoms with Gasteiger partial charge in [-0.25, -0.2) is 9.97 Å². The smallest absolute Gasteiger partial charge is 0.165 e. The molecule has 9 nitrogen and oxygen atoms in total. The van der Waals surface area contributed by atoms with Crippen molar-refractivity contribution < 1.29 is 14.4 Å². The number of aliphatic hydroxyl groups excluding tert-OH is 1. The summed E-state index contributed by atoms with van der Waals surface area (Å²) in [5, 5.41) is 21.2. The second kappa shape index (κ2) is 12.5. The molecule has 3 heterocycles. The first-order chi connectivity index (χ1) is 17.9. The van der Waals surface area contributed by atoms with Gasteiger partial charge in [-0.3, -0.25) is 5.01 Å². The molecule has 1 N–H and O–H groups in total. The average Bonchev–Trinajstić information content (AvgIpc) is 3.50. The molecule has 0 fully saturated rings. The minimum Gasteiger partial charge on any atom is -0.491 e. The van der Waals surface area contributed by atoms with E-state index >= 15 is 0 Å². The molecule has 0 aliphatic carbocycles. The zero-order chi connectivity index (χ0) is 26.4. The van der Waals surface area contributed by atoms with Gasteiger partial charge in [0.15, 0.2) is 11.6 Å². The molecule has 1 aliphatic heterocycles. The number of benzene rings is 1. The lowest BCUT2D eigenvalue weighted by Gasteiger charge is -2.24. The Hall–Kier alpha value is -3.01. The monoisotopic (exact) mass is 526 g/mol. The first-order valence-corrected chi connectivity index (χ1v) is 13.2. The Morgan fingerprint density at radius 3 is 2.65 bits per heavy atom. The number of aromatic nitrogens is 3. The Labute approximate surface area is 223 Å². The lowest BCUT2D eigenvalue weighted by molar-refractivity contribution is 0.144. The summed E-state index contributed by atoms with van der Waals surface area (Å²) < 4.78 is 12.0. The summed E-state index contributed by atoms with van der Waals surface area (Å²) in [5.41, 5.74) is 1.93. The highest BCUT2D eigenvalue weighted by molar-refractivity contribution is 6.35. The Kier molecular flexibility index (Phi) is 9.13. The fraction of sp³-hybridized carbons (Fsp3) is 0.481. The number of rotatable bonds is 12. The zero-order valence-electron chi connectivity index (χ0n) is 21.8. The van der Waals surface area contributed by atoms with E-state index < -0.39 is 6.10 Å². The van der Waals surface area contributed by atoms with Crippen LogP contribution in [0, 0.1) is 0 Å². The highest BCUT2D eigenvalue weighted by Crippen LogP contribution is 2.43. The van der Waals surface area contributed by atoms with Crippen molar-refractivity contribution in [2.75, 3.05) is 32.8 Å². The van der Waals surface area contributed by atoms with Gasteiger partial charge in [-0.15, -0.1) is 0 Å². The molecule has 4 rings (SSSR count). The van der Waals surface area contributed by atoms with Crippen LogP contribution in [0.4, 0.5) is 0 Å². The molecule has 3 atom stereocenters. The lowest BCUT2D eigenvalue weighted by atomic mass is 9.94. The van der Waals surface area contributed by atoms with E-state index in [1.165, 1.54) is 0 Å². The van der Waals surface area contributed by atoms with Crippen molar-refractivity contribution in [2.24, 2.45) is 5.10 Å². The fourth-order valence-corrected chi connectivity index (χ4v) is 4.70. The van der Waals surface area contributed by atoms with Gasteiger partial charge in [-0.05, 0) is 45.5 Å². The fourth-order valence-electron chi connectivity index (χ4n) is 4.43. The number of ether oxygens (including phenoxy) is 1. The molecule has 0 radical (unpaired) electrons. The number of likely N-dealkylation sites (N-methyl/N-ethyl adjacent to an activating group) is 1. The number of hydrogen-bond acceptors (Lipinski definition) is 9. The molecule has 0 bridgehead atoms. The number of hydrogen-bond donors (Lipinski definition) is 1. The van der Waals surface area contributed by atoms with Gasteiger partial charge in [0.1, 0.15) is 18.1 Å². The molecule has 1 aliphatic rings. The topological polar surface area (TPSA) is 100 Å². The molecular weight excluding hydrogens is 492 g/mol. The Morgan fingerprint density at radius 1 is 1.19 bits per heavy atom. The van der Waals surface area contributed by atoms with Gasteiger partial charge in [-0.2, -0.15) is 5.10 Å². The Balaban J connectivity index is 1.67. The van der Waals surface area contributed by atoms with E-state index in [1.54, 1.807) is 25.4 Å². The van der Waals surface area contributed by atoms with E-state index in [2.05, 4.69) is 45.9 Å². The lowest BCUT2D eigenvalue weighted by Crippen LogP contribution is -2.30. The highest BCUT2D eigenvalue weighted by Gasteiger charge is 2.36. The first-order valence-electron chi connectivity index (χ1n) is 12.8. The third-order valence-electron chi connectivity index (χ3n) is 6.73. The van der Waals surface area contributed by atoms with Gasteiger partial charge in [0.2, 0.25) is 0 Å². The van der Waals surface area contributed by atoms with Crippen LogP contribution >= 0.6 is 11.6 Å². The van der Waals surface area contributed by atoms with Crippen LogP contribution in [0.15, 0.2) is 46.3 Å². The third-order valence-corrected chi connectivity index (χ3v) is 7.12. The second-order valence-electron chi connectivity index (χ2n) is 9.17. The maximum Gasteiger partial charge on any atom is 0.165 e. The molecule has 198 valence electrons. The van der Waals surface area contributed by atoms with E-state index in [0.717, 1.165) is 19.6 Å². The molecule has 0 spiro atoms. The Bertz CT molecular complexity index is 1180. The minimum atomic E-state index is -0.393. The van der Waals surface area contributed by atoms with Gasteiger partial charge in [-0.1, -0.05) is 42.7 Å². The second-order valence-corrected chi connectivity index (χ2v) is 9.55. The molecule has 37 heavy (non-hydrogen) atoms. The van der Waals surface area contributed by atoms with E-state index in [1.807, 2.05) is 29.4 Å². The van der Waals surface area contributed by atoms with Crippen molar-refractivity contribution in [1.29, 1.82) is 0 Å². The van der Waals surface area contributed by atoms with E-state index in [4.69, 9.17) is 20.9 Å². The summed E-state index contributed by atoms with van der Waals surface area (Å²) >= 11 is 6.86. The van der Waals surface area contributed by atoms with E-state index in [9.17, 15) is 5.11 Å². The van der Waals surface area contributed by atoms with Crippen molar-refractivity contribution in [3.63, 3.8) is 0 Å². The van der Waals surface area contributed by atoms with Crippen LogP contribution in [0.5, 0.6) is 5.75 Å². The van der Waals surface area contributed by atoms with Gasteiger partial charge in [0.05, 0.1) is 28.6 Å². The average molecular weight is 527 g/mol. The summed E-state index contributed by atoms with van der Waals surface area (Å²) in [6.07, 6.45) is 5.48. The molecule has 3 unspecified atom stereocenters. The summed E-state index contributed by atoms with van der Waals surface area (Å²) in [4.78, 5) is 11.3. The molecule has 2 aromatic heterocycles. The highest BCUT2D eigenvalue weighted by atomic mass is 35.5. The van der Waals surface area contributed by atoms with Gasteiger partial charge >= 0.3 is 0 Å². The van der Waals surface area contributed by atoms with Gasteiger partial charge in [0.25, 0.3) is 0 Å². The number of hydrazone groups is 1. The normalized spacial score (nSPS) is 18.1. The van der Waals surface area contributed by atoms with E-state index in [0.29, 0.717) is 58.8 Å². The minimum absolute atomic E-state index is 0.00669. The number of halogens is 1. The van der Waals surface area contributed by atoms with Crippen molar-refractivity contribution in [1.82, 2.24) is 25.0 Å². The summed E-state index contributed by atoms with van der Waals surface area (Å²) in [5.74, 6) is 1.55. The summed E-state index contributed by atoms with van der Waals surface area (Å²) in [6.45, 7) is 12.0. The van der Waals surface area contributed by atoms with Crippen LogP contribution in [-0.2, 0) is 0 Å². The van der Waals surface area contributed by atoms with Crippen LogP contribution in [0.2, 0.25) is 5.02 Å². The van der Waals surface area contributed by atoms with Gasteiger partial charge < -0.3 is 19.3 Å². The SMILES string of the molecule is CCN(CC)CCOc1cccc(-c2noc(C3C=NN(CCC(C)O)C3C)c2-c2ncccn2)c1Cl.